The molecule has 0 N–H and O–H groups in total. The Labute approximate surface area is 188 Å². The lowest BCUT2D eigenvalue weighted by Gasteiger charge is -2.61. The minimum absolute atomic E-state index is 0.0299. The standard InChI is InChI=1S/C27H30O5/c1-14-11-18(28)7-9-25(5)20(14)8-10-26(6)23(25)21(29)12-15(2)27(26)13-19-22(32-27)16(3)17(4)31-24(19)30/h7,9,11-12,20,23H,8,10,13H2,1-6H3/t20-,23+,25-,26+,27-/m0/s1. The van der Waals surface area contributed by atoms with E-state index in [0.29, 0.717) is 23.5 Å². The highest BCUT2D eigenvalue weighted by Crippen LogP contribution is 2.66. The molecule has 0 aromatic carbocycles. The molecule has 0 radical (unpaired) electrons. The first-order chi connectivity index (χ1) is 14.9. The lowest BCUT2D eigenvalue weighted by molar-refractivity contribution is -0.154. The van der Waals surface area contributed by atoms with E-state index in [-0.39, 0.29) is 29.0 Å². The minimum Gasteiger partial charge on any atom is -0.481 e. The van der Waals surface area contributed by atoms with Gasteiger partial charge in [-0.15, -0.1) is 0 Å². The average Bonchev–Trinajstić information content (AvgIpc) is 3.08. The number of allylic oxidation sites excluding steroid dienone is 5. The van der Waals surface area contributed by atoms with Crippen LogP contribution in [-0.2, 0) is 16.0 Å². The van der Waals surface area contributed by atoms with Crippen LogP contribution in [0.2, 0.25) is 0 Å². The maximum atomic E-state index is 13.7. The molecule has 5 atom stereocenters. The third-order valence-electron chi connectivity index (χ3n) is 9.03. The highest BCUT2D eigenvalue weighted by molar-refractivity contribution is 6.01. The van der Waals surface area contributed by atoms with Gasteiger partial charge in [0.2, 0.25) is 0 Å². The summed E-state index contributed by atoms with van der Waals surface area (Å²) < 4.78 is 12.3. The molecule has 1 aliphatic heterocycles. The SMILES string of the molecule is CC1=CC(=O)C=C[C@]2(C)[C@H]3C(=O)C=C(C)[C@@]4(Cc5c(c(C)c(C)oc5=O)O4)[C@]3(C)CC[C@@H]12. The van der Waals surface area contributed by atoms with Gasteiger partial charge in [-0.3, -0.25) is 9.59 Å². The molecule has 5 heteroatoms. The number of fused-ring (bicyclic) bond motifs is 5. The highest BCUT2D eigenvalue weighted by Gasteiger charge is 2.68. The van der Waals surface area contributed by atoms with E-state index < -0.39 is 16.4 Å². The summed E-state index contributed by atoms with van der Waals surface area (Å²) in [6.45, 7) is 11.9. The van der Waals surface area contributed by atoms with E-state index in [4.69, 9.17) is 9.15 Å². The van der Waals surface area contributed by atoms with Crippen LogP contribution in [0, 0.1) is 36.5 Å². The fraction of sp³-hybridized carbons (Fsp3) is 0.519. The molecule has 2 heterocycles. The third-order valence-corrected chi connectivity index (χ3v) is 9.03. The number of ketones is 2. The molecule has 1 aromatic heterocycles. The monoisotopic (exact) mass is 434 g/mol. The number of hydrogen-bond donors (Lipinski definition) is 0. The van der Waals surface area contributed by atoms with Gasteiger partial charge in [0.1, 0.15) is 17.1 Å². The molecular formula is C27H30O5. The molecule has 1 spiro atoms. The Morgan fingerprint density at radius 3 is 2.47 bits per heavy atom. The van der Waals surface area contributed by atoms with Gasteiger partial charge >= 0.3 is 5.63 Å². The molecule has 4 aliphatic rings. The van der Waals surface area contributed by atoms with Crippen LogP contribution in [0.5, 0.6) is 5.75 Å². The normalized spacial score (nSPS) is 37.8. The second-order valence-corrected chi connectivity index (χ2v) is 10.6. The number of carbonyl (C=O) groups is 2. The van der Waals surface area contributed by atoms with E-state index in [9.17, 15) is 14.4 Å². The Morgan fingerprint density at radius 2 is 1.75 bits per heavy atom. The van der Waals surface area contributed by atoms with Crippen molar-refractivity contribution in [2.45, 2.75) is 66.4 Å². The number of rotatable bonds is 0. The van der Waals surface area contributed by atoms with E-state index in [2.05, 4.69) is 13.8 Å². The quantitative estimate of drug-likeness (QED) is 0.597. The Morgan fingerprint density at radius 1 is 1.03 bits per heavy atom. The van der Waals surface area contributed by atoms with E-state index in [1.165, 1.54) is 0 Å². The van der Waals surface area contributed by atoms with Gasteiger partial charge in [-0.05, 0) is 70.3 Å². The van der Waals surface area contributed by atoms with Crippen molar-refractivity contribution < 1.29 is 18.7 Å². The molecule has 0 unspecified atom stereocenters. The zero-order valence-electron chi connectivity index (χ0n) is 19.6. The van der Waals surface area contributed by atoms with Gasteiger partial charge in [0.15, 0.2) is 11.6 Å². The van der Waals surface area contributed by atoms with Crippen LogP contribution < -0.4 is 10.4 Å². The number of hydrogen-bond acceptors (Lipinski definition) is 5. The van der Waals surface area contributed by atoms with Gasteiger partial charge in [-0.2, -0.15) is 0 Å². The molecule has 3 aliphatic carbocycles. The Hall–Kier alpha value is -2.69. The van der Waals surface area contributed by atoms with Crippen molar-refractivity contribution in [3.05, 3.63) is 62.8 Å². The highest BCUT2D eigenvalue weighted by atomic mass is 16.5. The summed E-state index contributed by atoms with van der Waals surface area (Å²) in [6.07, 6.45) is 9.01. The molecular weight excluding hydrogens is 404 g/mol. The van der Waals surface area contributed by atoms with E-state index in [1.807, 2.05) is 26.8 Å². The van der Waals surface area contributed by atoms with Crippen molar-refractivity contribution in [2.75, 3.05) is 0 Å². The van der Waals surface area contributed by atoms with Crippen molar-refractivity contribution >= 4 is 11.6 Å². The van der Waals surface area contributed by atoms with Crippen LogP contribution in [0.15, 0.2) is 44.7 Å². The predicted molar refractivity (Wildman–Crippen MR) is 121 cm³/mol. The van der Waals surface area contributed by atoms with Gasteiger partial charge in [0, 0.05) is 28.7 Å². The van der Waals surface area contributed by atoms with Gasteiger partial charge in [-0.1, -0.05) is 25.5 Å². The van der Waals surface area contributed by atoms with Crippen molar-refractivity contribution in [1.29, 1.82) is 0 Å². The molecule has 5 nitrogen and oxygen atoms in total. The molecule has 5 rings (SSSR count). The minimum atomic E-state index is -0.795. The molecule has 0 bridgehead atoms. The van der Waals surface area contributed by atoms with Crippen molar-refractivity contribution in [1.82, 2.24) is 0 Å². The van der Waals surface area contributed by atoms with Crippen LogP contribution in [0.25, 0.3) is 0 Å². The van der Waals surface area contributed by atoms with Gasteiger partial charge < -0.3 is 9.15 Å². The van der Waals surface area contributed by atoms with E-state index in [0.717, 1.165) is 29.6 Å². The summed E-state index contributed by atoms with van der Waals surface area (Å²) in [4.78, 5) is 38.8. The van der Waals surface area contributed by atoms with Crippen LogP contribution in [0.3, 0.4) is 0 Å². The smallest absolute Gasteiger partial charge is 0.343 e. The van der Waals surface area contributed by atoms with E-state index in [1.54, 1.807) is 25.2 Å². The Kier molecular flexibility index (Phi) is 4.25. The lowest BCUT2D eigenvalue weighted by Crippen LogP contribution is -2.65. The zero-order chi connectivity index (χ0) is 23.2. The maximum Gasteiger partial charge on any atom is 0.343 e. The number of carbonyl (C=O) groups excluding carboxylic acids is 2. The molecule has 1 saturated carbocycles. The Bertz CT molecular complexity index is 1230. The summed E-state index contributed by atoms with van der Waals surface area (Å²) in [5, 5.41) is 0. The Balaban J connectivity index is 1.73. The molecule has 168 valence electrons. The zero-order valence-corrected chi connectivity index (χ0v) is 19.6. The molecule has 32 heavy (non-hydrogen) atoms. The van der Waals surface area contributed by atoms with Gasteiger partial charge in [0.25, 0.3) is 0 Å². The van der Waals surface area contributed by atoms with Crippen LogP contribution in [-0.4, -0.2) is 17.2 Å². The molecule has 1 fully saturated rings. The van der Waals surface area contributed by atoms with Crippen molar-refractivity contribution in [2.24, 2.45) is 22.7 Å². The van der Waals surface area contributed by atoms with Gasteiger partial charge in [-0.25, -0.2) is 4.79 Å². The summed E-state index contributed by atoms with van der Waals surface area (Å²) in [6, 6.07) is 0. The average molecular weight is 435 g/mol. The molecule has 0 amide bonds. The number of aryl methyl sites for hydroxylation is 1. The first kappa shape index (κ1) is 21.2. The van der Waals surface area contributed by atoms with Crippen molar-refractivity contribution in [3.8, 4) is 5.75 Å². The summed E-state index contributed by atoms with van der Waals surface area (Å²) in [7, 11) is 0. The second-order valence-electron chi connectivity index (χ2n) is 10.6. The molecule has 0 saturated heterocycles. The topological polar surface area (TPSA) is 73.6 Å². The first-order valence-corrected chi connectivity index (χ1v) is 11.4. The fourth-order valence-corrected chi connectivity index (χ4v) is 7.32. The number of ether oxygens (including phenoxy) is 1. The van der Waals surface area contributed by atoms with Crippen LogP contribution in [0.1, 0.15) is 57.4 Å². The van der Waals surface area contributed by atoms with Crippen LogP contribution >= 0.6 is 0 Å². The predicted octanol–water partition coefficient (Wildman–Crippen LogP) is 4.58. The maximum absolute atomic E-state index is 13.7. The first-order valence-electron chi connectivity index (χ1n) is 11.4. The van der Waals surface area contributed by atoms with Gasteiger partial charge in [0.05, 0.1) is 5.56 Å². The summed E-state index contributed by atoms with van der Waals surface area (Å²) in [5.41, 5.74) is 1.06. The van der Waals surface area contributed by atoms with Crippen molar-refractivity contribution in [3.63, 3.8) is 0 Å². The largest absolute Gasteiger partial charge is 0.481 e. The van der Waals surface area contributed by atoms with E-state index >= 15 is 0 Å². The third kappa shape index (κ3) is 2.42. The summed E-state index contributed by atoms with van der Waals surface area (Å²) in [5.74, 6) is 0.949. The van der Waals surface area contributed by atoms with Crippen LogP contribution in [0.4, 0.5) is 0 Å². The second kappa shape index (κ2) is 6.43. The molecule has 1 aromatic rings. The lowest BCUT2D eigenvalue weighted by atomic mass is 9.43. The fourth-order valence-electron chi connectivity index (χ4n) is 7.32. The summed E-state index contributed by atoms with van der Waals surface area (Å²) >= 11 is 0.